The number of guanidine groups is 1. The smallest absolute Gasteiger partial charge is 0.225 e. The highest BCUT2D eigenvalue weighted by atomic mass is 127. The van der Waals surface area contributed by atoms with Gasteiger partial charge in [-0.1, -0.05) is 17.7 Å². The normalized spacial score (nSPS) is 14.9. The number of aliphatic imine (C=N–C) groups is 1. The van der Waals surface area contributed by atoms with Crippen LogP contribution in [0.5, 0.6) is 0 Å². The van der Waals surface area contributed by atoms with Crippen LogP contribution in [0.15, 0.2) is 41.8 Å². The standard InChI is InChI=1S/C20H29ClN8.HI/c1-22-19(24-10-6-17-4-5-18(21)27-16-17)23-9-3-11-28-12-14-29(15-13-28)20-25-7-2-8-26-20;/h2,4-5,7-8,16H,3,6,9-15H2,1H3,(H2,22,23,24);1H. The molecule has 3 rings (SSSR count). The summed E-state index contributed by atoms with van der Waals surface area (Å²) in [5.41, 5.74) is 1.15. The van der Waals surface area contributed by atoms with Crippen molar-refractivity contribution in [1.29, 1.82) is 0 Å². The molecular weight excluding hydrogens is 515 g/mol. The van der Waals surface area contributed by atoms with E-state index in [9.17, 15) is 0 Å². The molecule has 1 fully saturated rings. The van der Waals surface area contributed by atoms with Crippen LogP contribution in [0.1, 0.15) is 12.0 Å². The zero-order valence-corrected chi connectivity index (χ0v) is 20.4. The Morgan fingerprint density at radius 2 is 1.80 bits per heavy atom. The molecule has 0 saturated carbocycles. The highest BCUT2D eigenvalue weighted by Gasteiger charge is 2.18. The average Bonchev–Trinajstić information content (AvgIpc) is 2.78. The summed E-state index contributed by atoms with van der Waals surface area (Å²) in [4.78, 5) is 21.8. The number of nitrogens with zero attached hydrogens (tertiary/aromatic N) is 6. The second kappa shape index (κ2) is 13.6. The lowest BCUT2D eigenvalue weighted by molar-refractivity contribution is 0.254. The first-order valence-electron chi connectivity index (χ1n) is 10.0. The fourth-order valence-corrected chi connectivity index (χ4v) is 3.35. The lowest BCUT2D eigenvalue weighted by Gasteiger charge is -2.34. The molecule has 2 N–H and O–H groups in total. The Balaban J connectivity index is 0.00000320. The Morgan fingerprint density at radius 1 is 1.07 bits per heavy atom. The van der Waals surface area contributed by atoms with Crippen molar-refractivity contribution in [3.63, 3.8) is 0 Å². The van der Waals surface area contributed by atoms with Gasteiger partial charge >= 0.3 is 0 Å². The minimum Gasteiger partial charge on any atom is -0.356 e. The first kappa shape index (κ1) is 24.5. The van der Waals surface area contributed by atoms with E-state index in [0.29, 0.717) is 5.15 Å². The molecular formula is C20H30ClIN8. The van der Waals surface area contributed by atoms with Gasteiger partial charge in [0.2, 0.25) is 5.95 Å². The van der Waals surface area contributed by atoms with E-state index in [1.807, 2.05) is 24.4 Å². The predicted octanol–water partition coefficient (Wildman–Crippen LogP) is 2.06. The fourth-order valence-electron chi connectivity index (χ4n) is 3.24. The molecule has 0 unspecified atom stereocenters. The first-order valence-corrected chi connectivity index (χ1v) is 10.4. The minimum atomic E-state index is 0. The number of rotatable bonds is 8. The van der Waals surface area contributed by atoms with Crippen molar-refractivity contribution < 1.29 is 0 Å². The van der Waals surface area contributed by atoms with Gasteiger partial charge in [0, 0.05) is 64.9 Å². The molecule has 0 spiro atoms. The van der Waals surface area contributed by atoms with Gasteiger partial charge in [0.15, 0.2) is 5.96 Å². The quantitative estimate of drug-likeness (QED) is 0.173. The molecule has 1 aliphatic rings. The van der Waals surface area contributed by atoms with Gasteiger partial charge in [0.1, 0.15) is 5.15 Å². The van der Waals surface area contributed by atoms with Crippen LogP contribution < -0.4 is 15.5 Å². The van der Waals surface area contributed by atoms with E-state index in [2.05, 4.69) is 40.4 Å². The molecule has 3 heterocycles. The van der Waals surface area contributed by atoms with E-state index >= 15 is 0 Å². The van der Waals surface area contributed by atoms with Crippen LogP contribution in [0.3, 0.4) is 0 Å². The molecule has 8 nitrogen and oxygen atoms in total. The summed E-state index contributed by atoms with van der Waals surface area (Å²) in [6.07, 6.45) is 7.36. The lowest BCUT2D eigenvalue weighted by atomic mass is 10.2. The molecule has 2 aromatic heterocycles. The molecule has 1 saturated heterocycles. The van der Waals surface area contributed by atoms with Crippen LogP contribution in [0.4, 0.5) is 5.95 Å². The van der Waals surface area contributed by atoms with Crippen molar-refractivity contribution in [3.05, 3.63) is 47.5 Å². The SMILES string of the molecule is CN=C(NCCCN1CCN(c2ncccn2)CC1)NCCc1ccc(Cl)nc1.I. The molecule has 0 aromatic carbocycles. The van der Waals surface area contributed by atoms with E-state index in [-0.39, 0.29) is 24.0 Å². The van der Waals surface area contributed by atoms with Gasteiger partial charge in [-0.2, -0.15) is 0 Å². The van der Waals surface area contributed by atoms with Crippen LogP contribution in [0.25, 0.3) is 0 Å². The maximum absolute atomic E-state index is 5.81. The Morgan fingerprint density at radius 3 is 2.47 bits per heavy atom. The Hall–Kier alpha value is -1.72. The number of nitrogens with one attached hydrogen (secondary N) is 2. The van der Waals surface area contributed by atoms with Crippen molar-refractivity contribution in [2.45, 2.75) is 12.8 Å². The highest BCUT2D eigenvalue weighted by molar-refractivity contribution is 14.0. The summed E-state index contributed by atoms with van der Waals surface area (Å²) in [6, 6.07) is 5.66. The summed E-state index contributed by atoms with van der Waals surface area (Å²) >= 11 is 5.81. The minimum absolute atomic E-state index is 0. The Bertz CT molecular complexity index is 751. The summed E-state index contributed by atoms with van der Waals surface area (Å²) in [6.45, 7) is 6.79. The van der Waals surface area contributed by atoms with Gasteiger partial charge in [-0.15, -0.1) is 24.0 Å². The molecule has 164 valence electrons. The average molecular weight is 545 g/mol. The zero-order valence-electron chi connectivity index (χ0n) is 17.3. The van der Waals surface area contributed by atoms with E-state index in [4.69, 9.17) is 11.6 Å². The van der Waals surface area contributed by atoms with Gasteiger partial charge in [-0.05, 0) is 37.1 Å². The number of anilines is 1. The van der Waals surface area contributed by atoms with Crippen molar-refractivity contribution in [2.75, 3.05) is 57.8 Å². The molecule has 2 aromatic rings. The van der Waals surface area contributed by atoms with Crippen LogP contribution in [0.2, 0.25) is 5.15 Å². The van der Waals surface area contributed by atoms with E-state index in [0.717, 1.165) is 76.1 Å². The summed E-state index contributed by atoms with van der Waals surface area (Å²) < 4.78 is 0. The van der Waals surface area contributed by atoms with Crippen molar-refractivity contribution in [2.24, 2.45) is 4.99 Å². The van der Waals surface area contributed by atoms with Gasteiger partial charge in [-0.3, -0.25) is 9.89 Å². The Kier molecular flexibility index (Phi) is 11.1. The third-order valence-corrected chi connectivity index (χ3v) is 5.09. The van der Waals surface area contributed by atoms with Gasteiger partial charge < -0.3 is 15.5 Å². The van der Waals surface area contributed by atoms with E-state index in [1.165, 1.54) is 0 Å². The maximum atomic E-state index is 5.81. The van der Waals surface area contributed by atoms with Gasteiger partial charge in [0.05, 0.1) is 0 Å². The zero-order chi connectivity index (χ0) is 20.3. The molecule has 30 heavy (non-hydrogen) atoms. The predicted molar refractivity (Wildman–Crippen MR) is 133 cm³/mol. The number of pyridine rings is 1. The summed E-state index contributed by atoms with van der Waals surface area (Å²) in [5, 5.41) is 7.25. The number of aromatic nitrogens is 3. The summed E-state index contributed by atoms with van der Waals surface area (Å²) in [7, 11) is 1.80. The van der Waals surface area contributed by atoms with E-state index < -0.39 is 0 Å². The lowest BCUT2D eigenvalue weighted by Crippen LogP contribution is -2.47. The molecule has 0 radical (unpaired) electrons. The monoisotopic (exact) mass is 544 g/mol. The number of piperazine rings is 1. The highest BCUT2D eigenvalue weighted by Crippen LogP contribution is 2.09. The van der Waals surface area contributed by atoms with Crippen LogP contribution >= 0.6 is 35.6 Å². The number of halogens is 2. The fraction of sp³-hybridized carbons (Fsp3) is 0.500. The van der Waals surface area contributed by atoms with Gasteiger partial charge in [-0.25, -0.2) is 15.0 Å². The molecule has 0 aliphatic carbocycles. The second-order valence-electron chi connectivity index (χ2n) is 6.90. The van der Waals surface area contributed by atoms with E-state index in [1.54, 1.807) is 19.4 Å². The van der Waals surface area contributed by atoms with Gasteiger partial charge in [0.25, 0.3) is 0 Å². The third-order valence-electron chi connectivity index (χ3n) is 4.87. The molecule has 1 aliphatic heterocycles. The largest absolute Gasteiger partial charge is 0.356 e. The third kappa shape index (κ3) is 8.19. The summed E-state index contributed by atoms with van der Waals surface area (Å²) in [5.74, 6) is 1.66. The van der Waals surface area contributed by atoms with Crippen molar-refractivity contribution >= 4 is 47.5 Å². The second-order valence-corrected chi connectivity index (χ2v) is 7.28. The first-order chi connectivity index (χ1) is 14.2. The van der Waals surface area contributed by atoms with Crippen LogP contribution in [0, 0.1) is 0 Å². The van der Waals surface area contributed by atoms with Crippen molar-refractivity contribution in [1.82, 2.24) is 30.5 Å². The number of hydrogen-bond donors (Lipinski definition) is 2. The van der Waals surface area contributed by atoms with Crippen molar-refractivity contribution in [3.8, 4) is 0 Å². The molecule has 0 bridgehead atoms. The van der Waals surface area contributed by atoms with Crippen LogP contribution in [-0.2, 0) is 6.42 Å². The number of hydrogen-bond acceptors (Lipinski definition) is 6. The molecule has 0 amide bonds. The maximum Gasteiger partial charge on any atom is 0.225 e. The van der Waals surface area contributed by atoms with Crippen LogP contribution in [-0.4, -0.2) is 78.7 Å². The molecule has 10 heteroatoms. The molecule has 0 atom stereocenters. The Labute approximate surface area is 200 Å². The topological polar surface area (TPSA) is 81.6 Å².